The number of nitrogens with zero attached hydrogens (tertiary/aromatic N) is 1. The number of benzene rings is 1. The van der Waals surface area contributed by atoms with Gasteiger partial charge in [-0.3, -0.25) is 14.9 Å². The molecule has 1 heterocycles. The summed E-state index contributed by atoms with van der Waals surface area (Å²) in [6.45, 7) is 2.76. The number of nitrogens with one attached hydrogen (secondary N) is 2. The third-order valence-corrected chi connectivity index (χ3v) is 2.76. The van der Waals surface area contributed by atoms with E-state index in [-0.39, 0.29) is 17.6 Å². The predicted molar refractivity (Wildman–Crippen MR) is 69.3 cm³/mol. The normalized spacial score (nSPS) is 17.9. The lowest BCUT2D eigenvalue weighted by atomic mass is 10.2. The van der Waals surface area contributed by atoms with Crippen molar-refractivity contribution in [2.75, 3.05) is 18.5 Å². The van der Waals surface area contributed by atoms with E-state index in [4.69, 9.17) is 4.74 Å². The van der Waals surface area contributed by atoms with Crippen molar-refractivity contribution < 1.29 is 14.5 Å². The molecule has 0 aromatic heterocycles. The number of hydrogen-bond acceptors (Lipinski definition) is 5. The maximum atomic E-state index is 11.1. The minimum Gasteiger partial charge on any atom is -0.494 e. The number of nitro groups is 1. The van der Waals surface area contributed by atoms with Gasteiger partial charge in [-0.05, 0) is 6.92 Å². The molecule has 1 aliphatic rings. The van der Waals surface area contributed by atoms with Gasteiger partial charge in [0.2, 0.25) is 5.91 Å². The SMILES string of the molecule is CCOc1cc(NC2CNC(=O)C2)cc([N+](=O)[O-])c1. The van der Waals surface area contributed by atoms with Crippen molar-refractivity contribution in [3.05, 3.63) is 28.3 Å². The number of rotatable bonds is 5. The van der Waals surface area contributed by atoms with E-state index in [9.17, 15) is 14.9 Å². The summed E-state index contributed by atoms with van der Waals surface area (Å²) in [7, 11) is 0. The fourth-order valence-electron chi connectivity index (χ4n) is 1.97. The zero-order valence-corrected chi connectivity index (χ0v) is 10.5. The monoisotopic (exact) mass is 265 g/mol. The van der Waals surface area contributed by atoms with E-state index in [1.54, 1.807) is 6.07 Å². The van der Waals surface area contributed by atoms with Crippen LogP contribution in [0.1, 0.15) is 13.3 Å². The second kappa shape index (κ2) is 5.55. The van der Waals surface area contributed by atoms with Crippen LogP contribution in [0.2, 0.25) is 0 Å². The first-order valence-electron chi connectivity index (χ1n) is 6.04. The second-order valence-electron chi connectivity index (χ2n) is 4.26. The van der Waals surface area contributed by atoms with Gasteiger partial charge in [0, 0.05) is 30.8 Å². The standard InChI is InChI=1S/C12H15N3O4/c1-2-19-11-4-8(3-10(6-11)15(17)18)14-9-5-12(16)13-7-9/h3-4,6,9,14H,2,5,7H2,1H3,(H,13,16). The molecule has 7 heteroatoms. The molecular weight excluding hydrogens is 250 g/mol. The van der Waals surface area contributed by atoms with Crippen LogP contribution in [0.15, 0.2) is 18.2 Å². The minimum atomic E-state index is -0.467. The molecule has 1 aromatic rings. The number of hydrogen-bond donors (Lipinski definition) is 2. The van der Waals surface area contributed by atoms with Gasteiger partial charge in [0.1, 0.15) is 5.75 Å². The molecule has 7 nitrogen and oxygen atoms in total. The van der Waals surface area contributed by atoms with Crippen LogP contribution in [0.5, 0.6) is 5.75 Å². The van der Waals surface area contributed by atoms with E-state index in [2.05, 4.69) is 10.6 Å². The lowest BCUT2D eigenvalue weighted by Gasteiger charge is -2.13. The van der Waals surface area contributed by atoms with Gasteiger partial charge < -0.3 is 15.4 Å². The van der Waals surface area contributed by atoms with Crippen molar-refractivity contribution in [1.29, 1.82) is 0 Å². The Kier molecular flexibility index (Phi) is 3.84. The first-order valence-corrected chi connectivity index (χ1v) is 6.04. The highest BCUT2D eigenvalue weighted by Crippen LogP contribution is 2.27. The summed E-state index contributed by atoms with van der Waals surface area (Å²) in [5.41, 5.74) is 0.546. The van der Waals surface area contributed by atoms with Gasteiger partial charge in [-0.2, -0.15) is 0 Å². The summed E-state index contributed by atoms with van der Waals surface area (Å²) in [5, 5.41) is 16.7. The highest BCUT2D eigenvalue weighted by atomic mass is 16.6. The van der Waals surface area contributed by atoms with E-state index < -0.39 is 4.92 Å². The molecule has 1 aromatic carbocycles. The van der Waals surface area contributed by atoms with Gasteiger partial charge in [-0.25, -0.2) is 0 Å². The average Bonchev–Trinajstić information content (AvgIpc) is 2.75. The number of non-ortho nitro benzene ring substituents is 1. The summed E-state index contributed by atoms with van der Waals surface area (Å²) < 4.78 is 5.30. The van der Waals surface area contributed by atoms with Gasteiger partial charge in [0.25, 0.3) is 5.69 Å². The van der Waals surface area contributed by atoms with Crippen LogP contribution >= 0.6 is 0 Å². The van der Waals surface area contributed by atoms with Crippen molar-refractivity contribution >= 4 is 17.3 Å². The maximum absolute atomic E-state index is 11.1. The van der Waals surface area contributed by atoms with Crippen LogP contribution in [0.4, 0.5) is 11.4 Å². The highest BCUT2D eigenvalue weighted by molar-refractivity contribution is 5.79. The number of carbonyl (C=O) groups is 1. The van der Waals surface area contributed by atoms with Crippen LogP contribution in [0.25, 0.3) is 0 Å². The smallest absolute Gasteiger partial charge is 0.275 e. The van der Waals surface area contributed by atoms with Crippen LogP contribution in [-0.2, 0) is 4.79 Å². The molecule has 102 valence electrons. The van der Waals surface area contributed by atoms with Crippen molar-refractivity contribution in [2.45, 2.75) is 19.4 Å². The van der Waals surface area contributed by atoms with Crippen molar-refractivity contribution in [3.8, 4) is 5.75 Å². The molecule has 0 spiro atoms. The zero-order chi connectivity index (χ0) is 13.8. The second-order valence-corrected chi connectivity index (χ2v) is 4.26. The van der Waals surface area contributed by atoms with E-state index in [0.29, 0.717) is 31.0 Å². The lowest BCUT2D eigenvalue weighted by Crippen LogP contribution is -2.22. The Hall–Kier alpha value is -2.31. The Bertz CT molecular complexity index is 504. The number of carbonyl (C=O) groups excluding carboxylic acids is 1. The molecule has 0 aliphatic carbocycles. The molecule has 2 rings (SSSR count). The van der Waals surface area contributed by atoms with E-state index in [1.807, 2.05) is 6.92 Å². The minimum absolute atomic E-state index is 0.0204. The van der Waals surface area contributed by atoms with Crippen molar-refractivity contribution in [1.82, 2.24) is 5.32 Å². The Morgan fingerprint density at radius 2 is 2.32 bits per heavy atom. The summed E-state index contributed by atoms with van der Waals surface area (Å²) in [4.78, 5) is 21.5. The molecule has 0 saturated carbocycles. The fourth-order valence-corrected chi connectivity index (χ4v) is 1.97. The van der Waals surface area contributed by atoms with Gasteiger partial charge in [0.05, 0.1) is 23.6 Å². The Morgan fingerprint density at radius 1 is 1.53 bits per heavy atom. The van der Waals surface area contributed by atoms with E-state index >= 15 is 0 Å². The van der Waals surface area contributed by atoms with Crippen LogP contribution in [0, 0.1) is 10.1 Å². The molecule has 1 amide bonds. The summed E-state index contributed by atoms with van der Waals surface area (Å²) in [6.07, 6.45) is 0.368. The topological polar surface area (TPSA) is 93.5 Å². The molecular formula is C12H15N3O4. The quantitative estimate of drug-likeness (QED) is 0.618. The number of anilines is 1. The summed E-state index contributed by atoms with van der Waals surface area (Å²) in [6, 6.07) is 4.46. The Labute approximate surface area is 110 Å². The first kappa shape index (κ1) is 13.1. The molecule has 1 aliphatic heterocycles. The maximum Gasteiger partial charge on any atom is 0.275 e. The summed E-state index contributed by atoms with van der Waals surface area (Å²) >= 11 is 0. The summed E-state index contributed by atoms with van der Waals surface area (Å²) in [5.74, 6) is 0.421. The largest absolute Gasteiger partial charge is 0.494 e. The molecule has 2 N–H and O–H groups in total. The van der Waals surface area contributed by atoms with Gasteiger partial charge in [-0.15, -0.1) is 0 Å². The average molecular weight is 265 g/mol. The molecule has 0 radical (unpaired) electrons. The number of nitro benzene ring substituents is 1. The molecule has 0 bridgehead atoms. The lowest BCUT2D eigenvalue weighted by molar-refractivity contribution is -0.384. The highest BCUT2D eigenvalue weighted by Gasteiger charge is 2.22. The molecule has 19 heavy (non-hydrogen) atoms. The van der Waals surface area contributed by atoms with E-state index in [1.165, 1.54) is 12.1 Å². The van der Waals surface area contributed by atoms with Gasteiger partial charge >= 0.3 is 0 Å². The number of amides is 1. The van der Waals surface area contributed by atoms with Crippen LogP contribution in [0.3, 0.4) is 0 Å². The predicted octanol–water partition coefficient (Wildman–Crippen LogP) is 1.29. The molecule has 1 unspecified atom stereocenters. The van der Waals surface area contributed by atoms with Gasteiger partial charge in [-0.1, -0.05) is 0 Å². The van der Waals surface area contributed by atoms with Crippen LogP contribution < -0.4 is 15.4 Å². The first-order chi connectivity index (χ1) is 9.08. The third kappa shape index (κ3) is 3.34. The zero-order valence-electron chi connectivity index (χ0n) is 10.5. The van der Waals surface area contributed by atoms with Crippen molar-refractivity contribution in [2.24, 2.45) is 0 Å². The third-order valence-electron chi connectivity index (χ3n) is 2.76. The van der Waals surface area contributed by atoms with Crippen molar-refractivity contribution in [3.63, 3.8) is 0 Å². The Morgan fingerprint density at radius 3 is 2.89 bits per heavy atom. The van der Waals surface area contributed by atoms with Crippen LogP contribution in [-0.4, -0.2) is 30.0 Å². The van der Waals surface area contributed by atoms with Gasteiger partial charge in [0.15, 0.2) is 0 Å². The molecule has 1 saturated heterocycles. The Balaban J connectivity index is 2.18. The fraction of sp³-hybridized carbons (Fsp3) is 0.417. The number of ether oxygens (including phenoxy) is 1. The molecule has 1 fully saturated rings. The molecule has 1 atom stereocenters. The van der Waals surface area contributed by atoms with E-state index in [0.717, 1.165) is 0 Å².